The van der Waals surface area contributed by atoms with E-state index < -0.39 is 0 Å². The van der Waals surface area contributed by atoms with Crippen molar-refractivity contribution in [2.45, 2.75) is 26.3 Å². The number of fused-ring (bicyclic) bond motifs is 2. The summed E-state index contributed by atoms with van der Waals surface area (Å²) in [4.78, 5) is 26.8. The summed E-state index contributed by atoms with van der Waals surface area (Å²) < 4.78 is 0. The molecule has 1 atom stereocenters. The minimum Gasteiger partial charge on any atom is -0.507 e. The van der Waals surface area contributed by atoms with Crippen LogP contribution in [0.4, 0.5) is 17.1 Å². The molecule has 3 aromatic carbocycles. The number of para-hydroxylation sites is 1. The molecule has 3 N–H and O–H groups in total. The standard InChI is InChI=1S/C24H22N2O3/c1-3-14(2)25-17-11-7-10-16-20(17)24(29)22-19(27)13-12-18(21(22)23(16)28)26-15-8-5-4-6-9-15/h4-14,25-27H,3H2,1-2H3. The average Bonchev–Trinajstić information content (AvgIpc) is 2.73. The summed E-state index contributed by atoms with van der Waals surface area (Å²) >= 11 is 0. The number of rotatable bonds is 5. The molecule has 5 heteroatoms. The van der Waals surface area contributed by atoms with Crippen molar-refractivity contribution in [2.24, 2.45) is 0 Å². The zero-order chi connectivity index (χ0) is 20.5. The number of aromatic hydroxyl groups is 1. The molecule has 0 aliphatic heterocycles. The third-order valence-electron chi connectivity index (χ3n) is 5.24. The highest BCUT2D eigenvalue weighted by Gasteiger charge is 2.36. The zero-order valence-electron chi connectivity index (χ0n) is 16.3. The Bertz CT molecular complexity index is 1110. The van der Waals surface area contributed by atoms with Crippen molar-refractivity contribution in [3.05, 3.63) is 82.9 Å². The lowest BCUT2D eigenvalue weighted by Gasteiger charge is -2.25. The molecular formula is C24H22N2O3. The molecule has 0 amide bonds. The normalized spacial score (nSPS) is 13.4. The number of anilines is 3. The Morgan fingerprint density at radius 3 is 2.31 bits per heavy atom. The molecule has 1 aliphatic carbocycles. The molecule has 1 aliphatic rings. The molecule has 0 aromatic heterocycles. The monoisotopic (exact) mass is 386 g/mol. The molecule has 146 valence electrons. The highest BCUT2D eigenvalue weighted by molar-refractivity contribution is 6.32. The molecule has 0 bridgehead atoms. The van der Waals surface area contributed by atoms with Crippen LogP contribution < -0.4 is 10.6 Å². The van der Waals surface area contributed by atoms with Gasteiger partial charge in [0.2, 0.25) is 0 Å². The molecule has 0 spiro atoms. The van der Waals surface area contributed by atoms with Crippen LogP contribution in [0.2, 0.25) is 0 Å². The second-order valence-corrected chi connectivity index (χ2v) is 7.21. The van der Waals surface area contributed by atoms with Gasteiger partial charge in [0, 0.05) is 23.0 Å². The summed E-state index contributed by atoms with van der Waals surface area (Å²) in [6, 6.07) is 17.8. The maximum absolute atomic E-state index is 13.4. The van der Waals surface area contributed by atoms with E-state index in [1.54, 1.807) is 24.3 Å². The predicted octanol–water partition coefficient (Wildman–Crippen LogP) is 5.12. The van der Waals surface area contributed by atoms with E-state index in [9.17, 15) is 14.7 Å². The Labute approximate surface area is 169 Å². The van der Waals surface area contributed by atoms with Gasteiger partial charge in [-0.05, 0) is 43.7 Å². The molecule has 29 heavy (non-hydrogen) atoms. The summed E-state index contributed by atoms with van der Waals surface area (Å²) in [7, 11) is 0. The number of hydrogen-bond donors (Lipinski definition) is 3. The van der Waals surface area contributed by atoms with Crippen molar-refractivity contribution in [1.29, 1.82) is 0 Å². The second-order valence-electron chi connectivity index (χ2n) is 7.21. The van der Waals surface area contributed by atoms with E-state index >= 15 is 0 Å². The number of phenolic OH excluding ortho intramolecular Hbond substituents is 1. The van der Waals surface area contributed by atoms with Crippen molar-refractivity contribution < 1.29 is 14.7 Å². The van der Waals surface area contributed by atoms with Gasteiger partial charge in [-0.3, -0.25) is 9.59 Å². The fraction of sp³-hybridized carbons (Fsp3) is 0.167. The average molecular weight is 386 g/mol. The Morgan fingerprint density at radius 1 is 0.828 bits per heavy atom. The predicted molar refractivity (Wildman–Crippen MR) is 115 cm³/mol. The summed E-state index contributed by atoms with van der Waals surface area (Å²) in [5.74, 6) is -0.826. The van der Waals surface area contributed by atoms with Gasteiger partial charge in [-0.1, -0.05) is 37.3 Å². The Morgan fingerprint density at radius 2 is 1.59 bits per heavy atom. The van der Waals surface area contributed by atoms with E-state index in [4.69, 9.17) is 0 Å². The van der Waals surface area contributed by atoms with Gasteiger partial charge >= 0.3 is 0 Å². The number of benzene rings is 3. The summed E-state index contributed by atoms with van der Waals surface area (Å²) in [6.45, 7) is 4.06. The van der Waals surface area contributed by atoms with Gasteiger partial charge in [-0.15, -0.1) is 0 Å². The maximum Gasteiger partial charge on any atom is 0.200 e. The summed E-state index contributed by atoms with van der Waals surface area (Å²) in [5, 5.41) is 17.0. The largest absolute Gasteiger partial charge is 0.507 e. The first-order valence-electron chi connectivity index (χ1n) is 9.68. The van der Waals surface area contributed by atoms with Crippen LogP contribution in [0.25, 0.3) is 0 Å². The fourth-order valence-corrected chi connectivity index (χ4v) is 3.57. The molecule has 0 saturated heterocycles. The molecule has 0 heterocycles. The molecule has 0 saturated carbocycles. The van der Waals surface area contributed by atoms with Gasteiger partial charge < -0.3 is 15.7 Å². The number of carbonyl (C=O) groups excluding carboxylic acids is 2. The molecule has 3 aromatic rings. The van der Waals surface area contributed by atoms with E-state index in [0.29, 0.717) is 22.5 Å². The van der Waals surface area contributed by atoms with Crippen LogP contribution in [0.1, 0.15) is 52.1 Å². The first kappa shape index (κ1) is 18.7. The van der Waals surface area contributed by atoms with Crippen LogP contribution in [-0.2, 0) is 0 Å². The van der Waals surface area contributed by atoms with E-state index in [1.165, 1.54) is 6.07 Å². The van der Waals surface area contributed by atoms with Crippen molar-refractivity contribution in [3.8, 4) is 5.75 Å². The highest BCUT2D eigenvalue weighted by atomic mass is 16.3. The lowest BCUT2D eigenvalue weighted by molar-refractivity contribution is 0.0978. The second kappa shape index (κ2) is 7.43. The Hall–Kier alpha value is -3.60. The van der Waals surface area contributed by atoms with E-state index in [-0.39, 0.29) is 34.5 Å². The van der Waals surface area contributed by atoms with Crippen LogP contribution in [0.3, 0.4) is 0 Å². The summed E-state index contributed by atoms with van der Waals surface area (Å²) in [5.41, 5.74) is 2.80. The number of nitrogens with one attached hydrogen (secondary N) is 2. The van der Waals surface area contributed by atoms with Gasteiger partial charge in [0.25, 0.3) is 0 Å². The van der Waals surface area contributed by atoms with Crippen molar-refractivity contribution in [1.82, 2.24) is 0 Å². The van der Waals surface area contributed by atoms with Gasteiger partial charge in [0.05, 0.1) is 22.4 Å². The van der Waals surface area contributed by atoms with E-state index in [2.05, 4.69) is 10.6 Å². The van der Waals surface area contributed by atoms with Gasteiger partial charge in [0.1, 0.15) is 5.75 Å². The molecule has 5 nitrogen and oxygen atoms in total. The van der Waals surface area contributed by atoms with Crippen molar-refractivity contribution in [2.75, 3.05) is 10.6 Å². The van der Waals surface area contributed by atoms with E-state index in [0.717, 1.165) is 12.1 Å². The van der Waals surface area contributed by atoms with Crippen LogP contribution in [0.5, 0.6) is 5.75 Å². The number of phenols is 1. The summed E-state index contributed by atoms with van der Waals surface area (Å²) in [6.07, 6.45) is 0.874. The van der Waals surface area contributed by atoms with Crippen LogP contribution in [0.15, 0.2) is 60.7 Å². The Kier molecular flexibility index (Phi) is 4.80. The van der Waals surface area contributed by atoms with Crippen molar-refractivity contribution >= 4 is 28.6 Å². The molecule has 0 radical (unpaired) electrons. The molecule has 0 fully saturated rings. The van der Waals surface area contributed by atoms with Gasteiger partial charge in [-0.2, -0.15) is 0 Å². The number of hydrogen-bond acceptors (Lipinski definition) is 5. The lowest BCUT2D eigenvalue weighted by Crippen LogP contribution is -2.25. The number of ketones is 2. The van der Waals surface area contributed by atoms with Crippen LogP contribution in [-0.4, -0.2) is 22.7 Å². The SMILES string of the molecule is CCC(C)Nc1cccc2c1C(=O)c1c(O)ccc(Nc3ccccc3)c1C2=O. The number of carbonyl (C=O) groups is 2. The fourth-order valence-electron chi connectivity index (χ4n) is 3.57. The topological polar surface area (TPSA) is 78.4 Å². The smallest absolute Gasteiger partial charge is 0.200 e. The van der Waals surface area contributed by atoms with Crippen LogP contribution >= 0.6 is 0 Å². The third-order valence-corrected chi connectivity index (χ3v) is 5.24. The van der Waals surface area contributed by atoms with Gasteiger partial charge in [0.15, 0.2) is 11.6 Å². The quantitative estimate of drug-likeness (QED) is 0.415. The van der Waals surface area contributed by atoms with Crippen molar-refractivity contribution in [3.63, 3.8) is 0 Å². The first-order valence-corrected chi connectivity index (χ1v) is 9.68. The minimum atomic E-state index is -0.352. The third kappa shape index (κ3) is 3.25. The molecule has 1 unspecified atom stereocenters. The minimum absolute atomic E-state index is 0.0434. The van der Waals surface area contributed by atoms with Gasteiger partial charge in [-0.25, -0.2) is 0 Å². The highest BCUT2D eigenvalue weighted by Crippen LogP contribution is 2.40. The van der Waals surface area contributed by atoms with E-state index in [1.807, 2.05) is 44.2 Å². The van der Waals surface area contributed by atoms with Crippen LogP contribution in [0, 0.1) is 0 Å². The maximum atomic E-state index is 13.4. The lowest BCUT2D eigenvalue weighted by atomic mass is 9.81. The Balaban J connectivity index is 1.86. The first-order chi connectivity index (χ1) is 14.0. The molecule has 4 rings (SSSR count). The zero-order valence-corrected chi connectivity index (χ0v) is 16.3. The molecular weight excluding hydrogens is 364 g/mol.